The van der Waals surface area contributed by atoms with Crippen molar-refractivity contribution in [3.8, 4) is 0 Å². The monoisotopic (exact) mass is 237 g/mol. The molecule has 1 aliphatic rings. The number of ketones is 1. The molecule has 0 radical (unpaired) electrons. The molecule has 0 bridgehead atoms. The molecule has 17 heavy (non-hydrogen) atoms. The van der Waals surface area contributed by atoms with E-state index in [9.17, 15) is 9.18 Å². The number of nitrogens with zero attached hydrogens (tertiary/aromatic N) is 1. The summed E-state index contributed by atoms with van der Waals surface area (Å²) in [5.41, 5.74) is 0.562. The summed E-state index contributed by atoms with van der Waals surface area (Å²) in [6.07, 6.45) is 1.20. The molecule has 1 saturated heterocycles. The van der Waals surface area contributed by atoms with Gasteiger partial charge in [-0.25, -0.2) is 4.39 Å². The smallest absolute Gasteiger partial charge is 0.176 e. The molecule has 1 aromatic rings. The van der Waals surface area contributed by atoms with Crippen LogP contribution in [-0.4, -0.2) is 43.5 Å². The Balaban J connectivity index is 1.91. The number of Topliss-reactive ketones (excluding diaryl/α,β-unsaturated/α-hetero) is 1. The van der Waals surface area contributed by atoms with Gasteiger partial charge in [0.2, 0.25) is 0 Å². The Morgan fingerprint density at radius 3 is 2.76 bits per heavy atom. The van der Waals surface area contributed by atoms with E-state index in [1.165, 1.54) is 24.3 Å². The summed E-state index contributed by atoms with van der Waals surface area (Å²) < 4.78 is 18.0. The molecule has 0 N–H and O–H groups in total. The summed E-state index contributed by atoms with van der Waals surface area (Å²) in [5.74, 6) is -0.288. The lowest BCUT2D eigenvalue weighted by Gasteiger charge is -2.14. The average Bonchev–Trinajstić information content (AvgIpc) is 2.77. The second-order valence-electron chi connectivity index (χ2n) is 4.31. The minimum Gasteiger partial charge on any atom is -0.380 e. The first-order valence-corrected chi connectivity index (χ1v) is 5.73. The second-order valence-corrected chi connectivity index (χ2v) is 4.31. The summed E-state index contributed by atoms with van der Waals surface area (Å²) in [5, 5.41) is 0. The fraction of sp³-hybridized carbons (Fsp3) is 0.462. The van der Waals surface area contributed by atoms with Crippen LogP contribution in [0.15, 0.2) is 24.3 Å². The number of carbonyl (C=O) groups excluding carboxylic acids is 1. The van der Waals surface area contributed by atoms with Gasteiger partial charge in [0.1, 0.15) is 5.82 Å². The van der Waals surface area contributed by atoms with Crippen molar-refractivity contribution in [2.75, 3.05) is 26.7 Å². The third kappa shape index (κ3) is 3.11. The van der Waals surface area contributed by atoms with Gasteiger partial charge in [0, 0.05) is 25.8 Å². The van der Waals surface area contributed by atoms with E-state index in [1.54, 1.807) is 7.11 Å². The highest BCUT2D eigenvalue weighted by atomic mass is 19.1. The molecule has 1 aliphatic heterocycles. The molecule has 3 nitrogen and oxygen atoms in total. The third-order valence-corrected chi connectivity index (χ3v) is 3.10. The Morgan fingerprint density at radius 1 is 1.47 bits per heavy atom. The predicted octanol–water partition coefficient (Wildman–Crippen LogP) is 1.73. The topological polar surface area (TPSA) is 29.5 Å². The summed E-state index contributed by atoms with van der Waals surface area (Å²) >= 11 is 0. The lowest BCUT2D eigenvalue weighted by molar-refractivity contribution is 0.0899. The first-order valence-electron chi connectivity index (χ1n) is 5.73. The van der Waals surface area contributed by atoms with Gasteiger partial charge in [0.05, 0.1) is 12.6 Å². The van der Waals surface area contributed by atoms with Crippen LogP contribution in [0, 0.1) is 5.82 Å². The minimum atomic E-state index is -0.317. The fourth-order valence-corrected chi connectivity index (χ4v) is 2.06. The van der Waals surface area contributed by atoms with E-state index in [4.69, 9.17) is 4.74 Å². The number of likely N-dealkylation sites (tertiary alicyclic amines) is 1. The van der Waals surface area contributed by atoms with Gasteiger partial charge in [-0.2, -0.15) is 0 Å². The van der Waals surface area contributed by atoms with Crippen molar-refractivity contribution in [3.05, 3.63) is 35.6 Å². The zero-order valence-electron chi connectivity index (χ0n) is 9.86. The van der Waals surface area contributed by atoms with Crippen LogP contribution < -0.4 is 0 Å². The molecule has 4 heteroatoms. The maximum atomic E-state index is 12.7. The molecule has 92 valence electrons. The van der Waals surface area contributed by atoms with E-state index in [1.807, 2.05) is 0 Å². The van der Waals surface area contributed by atoms with E-state index in [2.05, 4.69) is 4.90 Å². The quantitative estimate of drug-likeness (QED) is 0.747. The Kier molecular flexibility index (Phi) is 3.86. The van der Waals surface area contributed by atoms with Gasteiger partial charge in [0.25, 0.3) is 0 Å². The van der Waals surface area contributed by atoms with Gasteiger partial charge in [-0.3, -0.25) is 9.69 Å². The van der Waals surface area contributed by atoms with Crippen LogP contribution >= 0.6 is 0 Å². The molecule has 1 fully saturated rings. The Hall–Kier alpha value is -1.26. The van der Waals surface area contributed by atoms with Crippen molar-refractivity contribution in [1.29, 1.82) is 0 Å². The van der Waals surface area contributed by atoms with Gasteiger partial charge in [-0.1, -0.05) is 0 Å². The normalized spacial score (nSPS) is 20.7. The van der Waals surface area contributed by atoms with Crippen LogP contribution in [-0.2, 0) is 4.74 Å². The summed E-state index contributed by atoms with van der Waals surface area (Å²) in [7, 11) is 1.69. The molecular weight excluding hydrogens is 221 g/mol. The number of carbonyl (C=O) groups is 1. The molecule has 2 rings (SSSR count). The molecule has 0 saturated carbocycles. The lowest BCUT2D eigenvalue weighted by atomic mass is 10.1. The molecule has 0 aliphatic carbocycles. The van der Waals surface area contributed by atoms with Crippen molar-refractivity contribution in [1.82, 2.24) is 4.90 Å². The average molecular weight is 237 g/mol. The van der Waals surface area contributed by atoms with Crippen LogP contribution in [0.1, 0.15) is 16.8 Å². The summed E-state index contributed by atoms with van der Waals surface area (Å²) in [6.45, 7) is 2.06. The van der Waals surface area contributed by atoms with Crippen molar-refractivity contribution >= 4 is 5.78 Å². The highest BCUT2D eigenvalue weighted by molar-refractivity contribution is 5.97. The Morgan fingerprint density at radius 2 is 2.18 bits per heavy atom. The number of methoxy groups -OCH3 is 1. The van der Waals surface area contributed by atoms with E-state index in [0.717, 1.165) is 19.5 Å². The number of ether oxygens (including phenoxy) is 1. The predicted molar refractivity (Wildman–Crippen MR) is 62.6 cm³/mol. The van der Waals surface area contributed by atoms with E-state index in [0.29, 0.717) is 12.1 Å². The van der Waals surface area contributed by atoms with Gasteiger partial charge in [-0.15, -0.1) is 0 Å². The van der Waals surface area contributed by atoms with Crippen LogP contribution in [0.4, 0.5) is 4.39 Å². The Bertz CT molecular complexity index is 391. The molecule has 0 aromatic heterocycles. The Labute approximate surface area is 100 Å². The highest BCUT2D eigenvalue weighted by Crippen LogP contribution is 2.13. The van der Waals surface area contributed by atoms with Crippen molar-refractivity contribution < 1.29 is 13.9 Å². The van der Waals surface area contributed by atoms with Crippen molar-refractivity contribution in [2.45, 2.75) is 12.5 Å². The van der Waals surface area contributed by atoms with Gasteiger partial charge in [0.15, 0.2) is 5.78 Å². The first kappa shape index (κ1) is 12.2. The molecule has 1 aromatic carbocycles. The van der Waals surface area contributed by atoms with E-state index >= 15 is 0 Å². The molecule has 1 heterocycles. The summed E-state index contributed by atoms with van der Waals surface area (Å²) in [6, 6.07) is 5.69. The zero-order valence-corrected chi connectivity index (χ0v) is 9.86. The SMILES string of the molecule is COC1CCN(CC(=O)c2ccc(F)cc2)C1. The highest BCUT2D eigenvalue weighted by Gasteiger charge is 2.23. The fourth-order valence-electron chi connectivity index (χ4n) is 2.06. The maximum absolute atomic E-state index is 12.7. The van der Waals surface area contributed by atoms with Crippen molar-refractivity contribution in [3.63, 3.8) is 0 Å². The number of hydrogen-bond donors (Lipinski definition) is 0. The molecule has 0 spiro atoms. The maximum Gasteiger partial charge on any atom is 0.176 e. The second kappa shape index (κ2) is 5.38. The van der Waals surface area contributed by atoms with Crippen molar-refractivity contribution in [2.24, 2.45) is 0 Å². The zero-order chi connectivity index (χ0) is 12.3. The lowest BCUT2D eigenvalue weighted by Crippen LogP contribution is -2.29. The van der Waals surface area contributed by atoms with Gasteiger partial charge < -0.3 is 4.74 Å². The van der Waals surface area contributed by atoms with Crippen LogP contribution in [0.25, 0.3) is 0 Å². The molecular formula is C13H16FNO2. The van der Waals surface area contributed by atoms with E-state index < -0.39 is 0 Å². The standard InChI is InChI=1S/C13H16FNO2/c1-17-12-6-7-15(8-12)9-13(16)10-2-4-11(14)5-3-10/h2-5,12H,6-9H2,1H3. The molecule has 0 amide bonds. The summed E-state index contributed by atoms with van der Waals surface area (Å²) in [4.78, 5) is 14.0. The minimum absolute atomic E-state index is 0.0294. The van der Waals surface area contributed by atoms with Gasteiger partial charge in [-0.05, 0) is 30.7 Å². The van der Waals surface area contributed by atoms with Crippen LogP contribution in [0.2, 0.25) is 0 Å². The van der Waals surface area contributed by atoms with E-state index in [-0.39, 0.29) is 17.7 Å². The van der Waals surface area contributed by atoms with Crippen LogP contribution in [0.3, 0.4) is 0 Å². The number of benzene rings is 1. The number of rotatable bonds is 4. The van der Waals surface area contributed by atoms with Crippen LogP contribution in [0.5, 0.6) is 0 Å². The first-order chi connectivity index (χ1) is 8.19. The molecule has 1 atom stereocenters. The van der Waals surface area contributed by atoms with Gasteiger partial charge >= 0.3 is 0 Å². The molecule has 1 unspecified atom stereocenters. The largest absolute Gasteiger partial charge is 0.380 e. The third-order valence-electron chi connectivity index (χ3n) is 3.10. The number of halogens is 1. The number of hydrogen-bond acceptors (Lipinski definition) is 3.